The van der Waals surface area contributed by atoms with Crippen molar-refractivity contribution in [3.63, 3.8) is 0 Å². The zero-order chi connectivity index (χ0) is 35.3. The van der Waals surface area contributed by atoms with Crippen LogP contribution < -0.4 is 0 Å². The second-order valence-electron chi connectivity index (χ2n) is 15.2. The molecule has 0 heterocycles. The monoisotopic (exact) mass is 672 g/mol. The van der Waals surface area contributed by atoms with E-state index >= 15 is 0 Å². The van der Waals surface area contributed by atoms with Crippen molar-refractivity contribution in [2.24, 2.45) is 0 Å². The van der Waals surface area contributed by atoms with Crippen LogP contribution in [0.3, 0.4) is 0 Å². The Hall–Kier alpha value is -6.50. The Morgan fingerprint density at radius 2 is 0.792 bits per heavy atom. The van der Waals surface area contributed by atoms with Crippen LogP contribution in [0.4, 0.5) is 0 Å². The molecule has 0 unspecified atom stereocenters. The largest absolute Gasteiger partial charge is 0.0616 e. The van der Waals surface area contributed by atoms with Gasteiger partial charge in [-0.3, -0.25) is 0 Å². The minimum Gasteiger partial charge on any atom is -0.0616 e. The number of hydrogen-bond donors (Lipinski definition) is 0. The smallest absolute Gasteiger partial charge is 0.0159 e. The Kier molecular flexibility index (Phi) is 6.40. The first-order chi connectivity index (χ1) is 26.1. The quantitative estimate of drug-likeness (QED) is 0.129. The molecular weight excluding hydrogens is 637 g/mol. The van der Waals surface area contributed by atoms with Gasteiger partial charge in [0.15, 0.2) is 0 Å². The zero-order valence-corrected chi connectivity index (χ0v) is 29.8. The SMILES string of the molecule is CC1(C)c2ccc(-c3c4ccccc4c(-c4ccccc4-c4cc5ccccc5c5ccccc45)c4ccccc34)cc2-c2c1ccc1ccccc21. The second-order valence-corrected chi connectivity index (χ2v) is 15.2. The van der Waals surface area contributed by atoms with Gasteiger partial charge in [-0.1, -0.05) is 184 Å². The van der Waals surface area contributed by atoms with Crippen LogP contribution in [0.25, 0.3) is 98.4 Å². The van der Waals surface area contributed by atoms with Crippen molar-refractivity contribution in [2.75, 3.05) is 0 Å². The minimum absolute atomic E-state index is 0.0716. The lowest BCUT2D eigenvalue weighted by Crippen LogP contribution is -2.14. The molecule has 0 aromatic heterocycles. The van der Waals surface area contributed by atoms with Gasteiger partial charge in [0, 0.05) is 5.41 Å². The molecular formula is C53H36. The van der Waals surface area contributed by atoms with Gasteiger partial charge in [-0.25, -0.2) is 0 Å². The molecule has 0 bridgehead atoms. The van der Waals surface area contributed by atoms with Crippen LogP contribution in [-0.4, -0.2) is 0 Å². The predicted octanol–water partition coefficient (Wildman–Crippen LogP) is 14.8. The summed E-state index contributed by atoms with van der Waals surface area (Å²) in [6, 6.07) is 67.9. The zero-order valence-electron chi connectivity index (χ0n) is 29.8. The van der Waals surface area contributed by atoms with E-state index in [0.29, 0.717) is 0 Å². The maximum Gasteiger partial charge on any atom is 0.0159 e. The van der Waals surface area contributed by atoms with Crippen molar-refractivity contribution in [1.82, 2.24) is 0 Å². The van der Waals surface area contributed by atoms with Gasteiger partial charge in [-0.15, -0.1) is 0 Å². The van der Waals surface area contributed by atoms with Gasteiger partial charge < -0.3 is 0 Å². The van der Waals surface area contributed by atoms with E-state index < -0.39 is 0 Å². The fourth-order valence-electron chi connectivity index (χ4n) is 9.62. The third-order valence-corrected chi connectivity index (χ3v) is 12.0. The van der Waals surface area contributed by atoms with E-state index in [9.17, 15) is 0 Å². The first kappa shape index (κ1) is 30.2. The summed E-state index contributed by atoms with van der Waals surface area (Å²) in [5.74, 6) is 0. The van der Waals surface area contributed by atoms with Gasteiger partial charge in [0.05, 0.1) is 0 Å². The number of fused-ring (bicyclic) bond motifs is 10. The van der Waals surface area contributed by atoms with Crippen molar-refractivity contribution in [3.8, 4) is 44.5 Å². The van der Waals surface area contributed by atoms with E-state index in [2.05, 4.69) is 196 Å². The summed E-state index contributed by atoms with van der Waals surface area (Å²) in [5.41, 5.74) is 13.1. The predicted molar refractivity (Wildman–Crippen MR) is 228 cm³/mol. The summed E-state index contributed by atoms with van der Waals surface area (Å²) in [6.45, 7) is 4.75. The first-order valence-electron chi connectivity index (χ1n) is 18.7. The van der Waals surface area contributed by atoms with Gasteiger partial charge in [0.25, 0.3) is 0 Å². The van der Waals surface area contributed by atoms with Crippen LogP contribution >= 0.6 is 0 Å². The summed E-state index contributed by atoms with van der Waals surface area (Å²) in [6.07, 6.45) is 0. The molecule has 10 aromatic rings. The van der Waals surface area contributed by atoms with E-state index in [0.717, 1.165) is 0 Å². The fourth-order valence-corrected chi connectivity index (χ4v) is 9.62. The number of rotatable bonds is 3. The summed E-state index contributed by atoms with van der Waals surface area (Å²) < 4.78 is 0. The van der Waals surface area contributed by atoms with E-state index in [1.807, 2.05) is 0 Å². The Balaban J connectivity index is 1.20. The van der Waals surface area contributed by atoms with Gasteiger partial charge in [-0.05, 0) is 122 Å². The van der Waals surface area contributed by atoms with E-state index in [-0.39, 0.29) is 5.41 Å². The third-order valence-electron chi connectivity index (χ3n) is 12.0. The van der Waals surface area contributed by atoms with Crippen LogP contribution in [0.5, 0.6) is 0 Å². The van der Waals surface area contributed by atoms with Crippen LogP contribution in [0.2, 0.25) is 0 Å². The molecule has 0 nitrogen and oxygen atoms in total. The molecule has 11 rings (SSSR count). The minimum atomic E-state index is -0.0716. The number of benzene rings is 10. The fraction of sp³-hybridized carbons (Fsp3) is 0.0566. The molecule has 10 aromatic carbocycles. The standard InChI is InChI=1S/C53H36/c1-53(2)48-29-28-35(32-47(48)52-37-18-6-3-15-33(37)27-30-49(52)53)50-42-23-11-13-25-44(42)51(45-26-14-12-24-43(45)50)41-22-10-9-21-40(41)46-31-34-16-4-5-17-36(34)38-19-7-8-20-39(38)46/h3-32H,1-2H3. The first-order valence-corrected chi connectivity index (χ1v) is 18.7. The molecule has 0 radical (unpaired) electrons. The average molecular weight is 673 g/mol. The summed E-state index contributed by atoms with van der Waals surface area (Å²) in [7, 11) is 0. The molecule has 0 spiro atoms. The molecule has 0 amide bonds. The highest BCUT2D eigenvalue weighted by Gasteiger charge is 2.36. The molecule has 53 heavy (non-hydrogen) atoms. The number of hydrogen-bond acceptors (Lipinski definition) is 0. The van der Waals surface area contributed by atoms with Gasteiger partial charge in [0.2, 0.25) is 0 Å². The van der Waals surface area contributed by atoms with E-state index in [1.165, 1.54) is 109 Å². The van der Waals surface area contributed by atoms with Gasteiger partial charge >= 0.3 is 0 Å². The van der Waals surface area contributed by atoms with Crippen molar-refractivity contribution < 1.29 is 0 Å². The van der Waals surface area contributed by atoms with Crippen LogP contribution in [0.15, 0.2) is 182 Å². The van der Waals surface area contributed by atoms with Crippen molar-refractivity contribution in [3.05, 3.63) is 193 Å². The second kappa shape index (κ2) is 11.2. The van der Waals surface area contributed by atoms with Crippen molar-refractivity contribution in [1.29, 1.82) is 0 Å². The Morgan fingerprint density at radius 1 is 0.283 bits per heavy atom. The van der Waals surface area contributed by atoms with Crippen LogP contribution in [0.1, 0.15) is 25.0 Å². The summed E-state index contributed by atoms with van der Waals surface area (Å²) >= 11 is 0. The molecule has 248 valence electrons. The molecule has 0 heteroatoms. The van der Waals surface area contributed by atoms with Crippen molar-refractivity contribution >= 4 is 53.9 Å². The molecule has 0 saturated carbocycles. The lowest BCUT2D eigenvalue weighted by Gasteiger charge is -2.22. The molecule has 1 aliphatic rings. The lowest BCUT2D eigenvalue weighted by molar-refractivity contribution is 0.661. The van der Waals surface area contributed by atoms with Crippen LogP contribution in [-0.2, 0) is 5.41 Å². The van der Waals surface area contributed by atoms with E-state index in [1.54, 1.807) is 0 Å². The Bertz CT molecular complexity index is 3080. The van der Waals surface area contributed by atoms with Crippen molar-refractivity contribution in [2.45, 2.75) is 19.3 Å². The maximum atomic E-state index is 2.48. The molecule has 1 aliphatic carbocycles. The molecule has 0 N–H and O–H groups in total. The molecule has 0 aliphatic heterocycles. The van der Waals surface area contributed by atoms with Gasteiger partial charge in [-0.2, -0.15) is 0 Å². The lowest BCUT2D eigenvalue weighted by atomic mass is 9.81. The Morgan fingerprint density at radius 3 is 1.49 bits per heavy atom. The Labute approximate surface area is 309 Å². The average Bonchev–Trinajstić information content (AvgIpc) is 3.45. The highest BCUT2D eigenvalue weighted by atomic mass is 14.4. The molecule has 0 saturated heterocycles. The molecule has 0 atom stereocenters. The van der Waals surface area contributed by atoms with E-state index in [4.69, 9.17) is 0 Å². The highest BCUT2D eigenvalue weighted by Crippen LogP contribution is 2.54. The van der Waals surface area contributed by atoms with Crippen LogP contribution in [0, 0.1) is 0 Å². The molecule has 0 fully saturated rings. The topological polar surface area (TPSA) is 0 Å². The third kappa shape index (κ3) is 4.30. The van der Waals surface area contributed by atoms with Gasteiger partial charge in [0.1, 0.15) is 0 Å². The normalized spacial score (nSPS) is 13.2. The summed E-state index contributed by atoms with van der Waals surface area (Å²) in [5, 5.41) is 12.8. The summed E-state index contributed by atoms with van der Waals surface area (Å²) in [4.78, 5) is 0. The maximum absolute atomic E-state index is 2.48. The highest BCUT2D eigenvalue weighted by molar-refractivity contribution is 6.24.